The van der Waals surface area contributed by atoms with E-state index < -0.39 is 10.5 Å². The zero-order valence-electron chi connectivity index (χ0n) is 12.8. The van der Waals surface area contributed by atoms with Crippen LogP contribution in [0.3, 0.4) is 0 Å². The van der Waals surface area contributed by atoms with Crippen molar-refractivity contribution in [3.63, 3.8) is 0 Å². The zero-order valence-corrected chi connectivity index (χ0v) is 14.3. The monoisotopic (exact) mass is 350 g/mol. The summed E-state index contributed by atoms with van der Waals surface area (Å²) in [5.41, 5.74) is 2.57. The molecule has 0 radical (unpaired) electrons. The van der Waals surface area contributed by atoms with Crippen molar-refractivity contribution in [1.29, 1.82) is 0 Å². The fourth-order valence-electron chi connectivity index (χ4n) is 2.07. The largest absolute Gasteiger partial charge is 0.489 e. The van der Waals surface area contributed by atoms with Crippen molar-refractivity contribution in [1.82, 2.24) is 0 Å². The van der Waals surface area contributed by atoms with Gasteiger partial charge in [0.1, 0.15) is 12.4 Å². The van der Waals surface area contributed by atoms with Crippen LogP contribution in [0.15, 0.2) is 42.5 Å². The highest BCUT2D eigenvalue weighted by molar-refractivity contribution is 6.69. The Bertz CT molecular complexity index is 689. The zero-order chi connectivity index (χ0) is 17.0. The topological polar surface area (TPSA) is 43.4 Å². The number of hydrogen-bond donors (Lipinski definition) is 0. The Hall–Kier alpha value is -1.84. The number of hydrogen-bond acceptors (Lipinski definition) is 3. The third kappa shape index (κ3) is 4.81. The van der Waals surface area contributed by atoms with E-state index in [1.165, 1.54) is 23.8 Å². The summed E-state index contributed by atoms with van der Waals surface area (Å²) in [6.07, 6.45) is 0. The predicted octanol–water partition coefficient (Wildman–Crippen LogP) is 5.15. The van der Waals surface area contributed by atoms with Gasteiger partial charge < -0.3 is 4.74 Å². The number of carbonyl (C=O) groups is 2. The molecule has 0 saturated heterocycles. The van der Waals surface area contributed by atoms with Gasteiger partial charge in [-0.15, -0.1) is 0 Å². The van der Waals surface area contributed by atoms with Crippen LogP contribution >= 0.6 is 23.2 Å². The summed E-state index contributed by atoms with van der Waals surface area (Å²) < 4.78 is 5.65. The first-order valence-electron chi connectivity index (χ1n) is 7.13. The minimum Gasteiger partial charge on any atom is -0.489 e. The van der Waals surface area contributed by atoms with Crippen LogP contribution in [-0.2, 0) is 6.61 Å². The Morgan fingerprint density at radius 3 is 1.91 bits per heavy atom. The van der Waals surface area contributed by atoms with E-state index in [1.54, 1.807) is 0 Å². The average Bonchev–Trinajstić information content (AvgIpc) is 2.52. The highest BCUT2D eigenvalue weighted by Gasteiger charge is 2.11. The quantitative estimate of drug-likeness (QED) is 0.676. The fourth-order valence-corrected chi connectivity index (χ4v) is 2.29. The van der Waals surface area contributed by atoms with Crippen molar-refractivity contribution in [3.05, 3.63) is 64.7 Å². The Labute approximate surface area is 145 Å². The smallest absolute Gasteiger partial charge is 0.252 e. The average molecular weight is 351 g/mol. The lowest BCUT2D eigenvalue weighted by atomic mass is 10.0. The van der Waals surface area contributed by atoms with Crippen molar-refractivity contribution in [2.24, 2.45) is 0 Å². The van der Waals surface area contributed by atoms with Crippen LogP contribution in [0, 0.1) is 0 Å². The molecule has 0 fully saturated rings. The summed E-state index contributed by atoms with van der Waals surface area (Å²) in [6, 6.07) is 12.4. The molecule has 0 amide bonds. The molecule has 2 aromatic rings. The molecular formula is C18H16Cl2O3. The van der Waals surface area contributed by atoms with E-state index >= 15 is 0 Å². The van der Waals surface area contributed by atoms with E-state index in [-0.39, 0.29) is 11.1 Å². The SMILES string of the molecule is CC(C)c1ccc(COc2cc(C(=O)Cl)cc(C(=O)Cl)c2)cc1. The molecule has 5 heteroatoms. The van der Waals surface area contributed by atoms with Crippen molar-refractivity contribution in [2.75, 3.05) is 0 Å². The summed E-state index contributed by atoms with van der Waals surface area (Å²) in [6.45, 7) is 4.57. The molecule has 0 bridgehead atoms. The summed E-state index contributed by atoms with van der Waals surface area (Å²) in [7, 11) is 0. The third-order valence-electron chi connectivity index (χ3n) is 3.41. The molecule has 0 N–H and O–H groups in total. The lowest BCUT2D eigenvalue weighted by molar-refractivity contribution is 0.108. The van der Waals surface area contributed by atoms with Crippen molar-refractivity contribution in [3.8, 4) is 5.75 Å². The van der Waals surface area contributed by atoms with Gasteiger partial charge in [-0.05, 0) is 58.4 Å². The number of carbonyl (C=O) groups excluding carboxylic acids is 2. The molecule has 0 saturated carbocycles. The highest BCUT2D eigenvalue weighted by atomic mass is 35.5. The van der Waals surface area contributed by atoms with Crippen molar-refractivity contribution >= 4 is 33.7 Å². The van der Waals surface area contributed by atoms with Gasteiger partial charge in [0, 0.05) is 11.1 Å². The molecule has 0 unspecified atom stereocenters. The molecule has 3 nitrogen and oxygen atoms in total. The van der Waals surface area contributed by atoms with Crippen LogP contribution in [-0.4, -0.2) is 10.5 Å². The second-order valence-corrected chi connectivity index (χ2v) is 6.17. The minimum absolute atomic E-state index is 0.170. The highest BCUT2D eigenvalue weighted by Crippen LogP contribution is 2.22. The van der Waals surface area contributed by atoms with Gasteiger partial charge in [0.25, 0.3) is 10.5 Å². The maximum atomic E-state index is 11.3. The van der Waals surface area contributed by atoms with Crippen LogP contribution in [0.1, 0.15) is 51.6 Å². The van der Waals surface area contributed by atoms with E-state index in [0.29, 0.717) is 18.3 Å². The van der Waals surface area contributed by atoms with Gasteiger partial charge in [-0.2, -0.15) is 0 Å². The van der Waals surface area contributed by atoms with E-state index in [2.05, 4.69) is 26.0 Å². The van der Waals surface area contributed by atoms with Crippen LogP contribution in [0.2, 0.25) is 0 Å². The van der Waals surface area contributed by atoms with Gasteiger partial charge >= 0.3 is 0 Å². The molecule has 2 rings (SSSR count). The molecule has 0 heterocycles. The molecule has 0 aliphatic rings. The maximum absolute atomic E-state index is 11.3. The van der Waals surface area contributed by atoms with Crippen LogP contribution in [0.4, 0.5) is 0 Å². The Kier molecular flexibility index (Phi) is 5.80. The van der Waals surface area contributed by atoms with Crippen molar-refractivity contribution < 1.29 is 14.3 Å². The first-order valence-corrected chi connectivity index (χ1v) is 7.89. The minimum atomic E-state index is -0.670. The van der Waals surface area contributed by atoms with Gasteiger partial charge in [-0.3, -0.25) is 9.59 Å². The number of halogens is 2. The normalized spacial score (nSPS) is 10.7. The molecule has 23 heavy (non-hydrogen) atoms. The Morgan fingerprint density at radius 1 is 0.957 bits per heavy atom. The van der Waals surface area contributed by atoms with Gasteiger partial charge in [0.2, 0.25) is 0 Å². The second-order valence-electron chi connectivity index (χ2n) is 5.48. The van der Waals surface area contributed by atoms with Gasteiger partial charge in [0.15, 0.2) is 0 Å². The first-order chi connectivity index (χ1) is 10.9. The summed E-state index contributed by atoms with van der Waals surface area (Å²) in [4.78, 5) is 22.6. The lowest BCUT2D eigenvalue weighted by Gasteiger charge is -2.10. The Morgan fingerprint density at radius 2 is 1.48 bits per heavy atom. The number of rotatable bonds is 6. The molecule has 0 spiro atoms. The molecule has 2 aromatic carbocycles. The van der Waals surface area contributed by atoms with Gasteiger partial charge in [-0.25, -0.2) is 0 Å². The van der Waals surface area contributed by atoms with E-state index in [0.717, 1.165) is 5.56 Å². The summed E-state index contributed by atoms with van der Waals surface area (Å²) in [5, 5.41) is -1.34. The molecule has 0 aliphatic carbocycles. The molecule has 0 atom stereocenters. The molecule has 0 aliphatic heterocycles. The Balaban J connectivity index is 2.16. The van der Waals surface area contributed by atoms with Crippen LogP contribution in [0.25, 0.3) is 0 Å². The third-order valence-corrected chi connectivity index (χ3v) is 3.85. The van der Waals surface area contributed by atoms with Gasteiger partial charge in [-0.1, -0.05) is 38.1 Å². The van der Waals surface area contributed by atoms with Gasteiger partial charge in [0.05, 0.1) is 0 Å². The lowest BCUT2D eigenvalue weighted by Crippen LogP contribution is -2.00. The predicted molar refractivity (Wildman–Crippen MR) is 91.7 cm³/mol. The number of ether oxygens (including phenoxy) is 1. The van der Waals surface area contributed by atoms with Crippen molar-refractivity contribution in [2.45, 2.75) is 26.4 Å². The van der Waals surface area contributed by atoms with Crippen LogP contribution < -0.4 is 4.74 Å². The number of benzene rings is 2. The second kappa shape index (κ2) is 7.62. The standard InChI is InChI=1S/C18H16Cl2O3/c1-11(2)13-5-3-12(4-6-13)10-23-16-8-14(17(19)21)7-15(9-16)18(20)22/h3-9,11H,10H2,1-2H3. The van der Waals surface area contributed by atoms with E-state index in [1.807, 2.05) is 12.1 Å². The maximum Gasteiger partial charge on any atom is 0.252 e. The van der Waals surface area contributed by atoms with Crippen LogP contribution in [0.5, 0.6) is 5.75 Å². The van der Waals surface area contributed by atoms with E-state index in [9.17, 15) is 9.59 Å². The fraction of sp³-hybridized carbons (Fsp3) is 0.222. The first kappa shape index (κ1) is 17.5. The molecule has 0 aromatic heterocycles. The molecular weight excluding hydrogens is 335 g/mol. The summed E-state index contributed by atoms with van der Waals surface area (Å²) >= 11 is 10.9. The summed E-state index contributed by atoms with van der Waals surface area (Å²) in [5.74, 6) is 0.835. The molecule has 120 valence electrons. The van der Waals surface area contributed by atoms with E-state index in [4.69, 9.17) is 27.9 Å².